The number of benzene rings is 1. The molecule has 0 amide bonds. The van der Waals surface area contributed by atoms with Gasteiger partial charge in [0.05, 0.1) is 10.5 Å². The molecule has 0 aliphatic carbocycles. The van der Waals surface area contributed by atoms with Crippen LogP contribution in [0.2, 0.25) is 0 Å². The largest absolute Gasteiger partial charge is 0.389 e. The van der Waals surface area contributed by atoms with Crippen molar-refractivity contribution in [3.8, 4) is 0 Å². The summed E-state index contributed by atoms with van der Waals surface area (Å²) in [7, 11) is -3.68. The predicted octanol–water partition coefficient (Wildman–Crippen LogP) is 2.06. The van der Waals surface area contributed by atoms with Crippen molar-refractivity contribution in [3.63, 3.8) is 0 Å². The van der Waals surface area contributed by atoms with Crippen molar-refractivity contribution in [3.05, 3.63) is 36.7 Å². The average Bonchev–Trinajstić information content (AvgIpc) is 2.52. The zero-order chi connectivity index (χ0) is 15.5. The summed E-state index contributed by atoms with van der Waals surface area (Å²) in [5.74, 6) is 0. The Hall–Kier alpha value is -1.50. The molecule has 0 bridgehead atoms. The molecule has 114 valence electrons. The number of nitrogens with zero attached hydrogens (tertiary/aromatic N) is 1. The second-order valence-corrected chi connectivity index (χ2v) is 6.84. The quantitative estimate of drug-likeness (QED) is 0.856. The Bertz CT molecular complexity index is 719. The van der Waals surface area contributed by atoms with Crippen LogP contribution in [0.25, 0.3) is 10.8 Å². The minimum Gasteiger partial charge on any atom is -0.389 e. The number of hydrogen-bond donors (Lipinski definition) is 2. The maximum absolute atomic E-state index is 12.5. The van der Waals surface area contributed by atoms with E-state index in [-0.39, 0.29) is 11.4 Å². The molecule has 0 radical (unpaired) electrons. The van der Waals surface area contributed by atoms with Crippen molar-refractivity contribution in [2.45, 2.75) is 37.2 Å². The van der Waals surface area contributed by atoms with Crippen LogP contribution in [0, 0.1) is 0 Å². The summed E-state index contributed by atoms with van der Waals surface area (Å²) >= 11 is 0. The van der Waals surface area contributed by atoms with Crippen LogP contribution in [0.5, 0.6) is 0 Å². The van der Waals surface area contributed by atoms with Gasteiger partial charge in [0.2, 0.25) is 10.0 Å². The van der Waals surface area contributed by atoms with E-state index < -0.39 is 15.6 Å². The van der Waals surface area contributed by atoms with Gasteiger partial charge in [0.1, 0.15) is 0 Å². The highest BCUT2D eigenvalue weighted by atomic mass is 32.2. The molecule has 0 spiro atoms. The van der Waals surface area contributed by atoms with Gasteiger partial charge >= 0.3 is 0 Å². The summed E-state index contributed by atoms with van der Waals surface area (Å²) in [6, 6.07) is 6.73. The normalized spacial score (nSPS) is 12.7. The number of hydrogen-bond acceptors (Lipinski definition) is 4. The molecule has 0 unspecified atom stereocenters. The fourth-order valence-corrected chi connectivity index (χ4v) is 3.48. The van der Waals surface area contributed by atoms with Gasteiger partial charge < -0.3 is 5.11 Å². The van der Waals surface area contributed by atoms with Gasteiger partial charge in [-0.05, 0) is 25.0 Å². The lowest BCUT2D eigenvalue weighted by molar-refractivity contribution is 0.0377. The molecule has 5 nitrogen and oxygen atoms in total. The van der Waals surface area contributed by atoms with Gasteiger partial charge in [-0.3, -0.25) is 4.98 Å². The van der Waals surface area contributed by atoms with E-state index in [2.05, 4.69) is 9.71 Å². The average molecular weight is 308 g/mol. The van der Waals surface area contributed by atoms with Crippen molar-refractivity contribution in [1.29, 1.82) is 0 Å². The molecule has 1 aromatic carbocycles. The Morgan fingerprint density at radius 2 is 1.95 bits per heavy atom. The van der Waals surface area contributed by atoms with Crippen LogP contribution in [0.4, 0.5) is 0 Å². The van der Waals surface area contributed by atoms with Gasteiger partial charge in [0.15, 0.2) is 0 Å². The van der Waals surface area contributed by atoms with Crippen LogP contribution < -0.4 is 4.72 Å². The summed E-state index contributed by atoms with van der Waals surface area (Å²) in [4.78, 5) is 4.20. The number of aliphatic hydroxyl groups is 1. The highest BCUT2D eigenvalue weighted by Gasteiger charge is 2.26. The number of aromatic nitrogens is 1. The molecule has 0 atom stereocenters. The van der Waals surface area contributed by atoms with Crippen LogP contribution in [0.1, 0.15) is 26.7 Å². The molecule has 0 saturated carbocycles. The highest BCUT2D eigenvalue weighted by Crippen LogP contribution is 2.22. The Kier molecular flexibility index (Phi) is 4.61. The van der Waals surface area contributed by atoms with Crippen molar-refractivity contribution >= 4 is 20.8 Å². The topological polar surface area (TPSA) is 79.3 Å². The lowest BCUT2D eigenvalue weighted by atomic mass is 9.98. The van der Waals surface area contributed by atoms with Gasteiger partial charge in [-0.25, -0.2) is 13.1 Å². The third-order valence-electron chi connectivity index (χ3n) is 3.84. The SMILES string of the molecule is CCC(O)(CC)CNS(=O)(=O)c1cccc2cnccc12. The number of fused-ring (bicyclic) bond motifs is 1. The Morgan fingerprint density at radius 3 is 2.62 bits per heavy atom. The second-order valence-electron chi connectivity index (χ2n) is 5.11. The fourth-order valence-electron chi connectivity index (χ4n) is 2.13. The van der Waals surface area contributed by atoms with E-state index in [1.807, 2.05) is 19.9 Å². The van der Waals surface area contributed by atoms with Gasteiger partial charge in [0, 0.05) is 29.7 Å². The van der Waals surface area contributed by atoms with Crippen LogP contribution >= 0.6 is 0 Å². The molecule has 2 rings (SSSR count). The van der Waals surface area contributed by atoms with E-state index in [0.717, 1.165) is 5.39 Å². The second kappa shape index (κ2) is 6.09. The monoisotopic (exact) mass is 308 g/mol. The van der Waals surface area contributed by atoms with Gasteiger partial charge in [0.25, 0.3) is 0 Å². The summed E-state index contributed by atoms with van der Waals surface area (Å²) < 4.78 is 27.5. The van der Waals surface area contributed by atoms with Crippen molar-refractivity contribution < 1.29 is 13.5 Å². The summed E-state index contributed by atoms with van der Waals surface area (Å²) in [5.41, 5.74) is -1.01. The van der Waals surface area contributed by atoms with Crippen LogP contribution in [-0.4, -0.2) is 30.7 Å². The third-order valence-corrected chi connectivity index (χ3v) is 5.30. The first kappa shape index (κ1) is 15.9. The van der Waals surface area contributed by atoms with Crippen molar-refractivity contribution in [2.24, 2.45) is 0 Å². The summed E-state index contributed by atoms with van der Waals surface area (Å²) in [5, 5.41) is 11.6. The first-order chi connectivity index (χ1) is 9.92. The lowest BCUT2D eigenvalue weighted by Gasteiger charge is -2.25. The minimum absolute atomic E-state index is 0.00377. The highest BCUT2D eigenvalue weighted by molar-refractivity contribution is 7.89. The molecule has 0 fully saturated rings. The van der Waals surface area contributed by atoms with Crippen LogP contribution in [0.3, 0.4) is 0 Å². The molecule has 1 heterocycles. The minimum atomic E-state index is -3.68. The number of nitrogens with one attached hydrogen (secondary N) is 1. The molecule has 0 saturated heterocycles. The standard InChI is InChI=1S/C15H20N2O3S/c1-3-15(18,4-2)11-17-21(19,20)14-7-5-6-12-10-16-9-8-13(12)14/h5-10,17-18H,3-4,11H2,1-2H3. The maximum atomic E-state index is 12.5. The molecule has 6 heteroatoms. The Labute approximate surface area is 125 Å². The Morgan fingerprint density at radius 1 is 1.24 bits per heavy atom. The van der Waals surface area contributed by atoms with Crippen molar-refractivity contribution in [2.75, 3.05) is 6.54 Å². The molecule has 2 N–H and O–H groups in total. The van der Waals surface area contributed by atoms with E-state index in [0.29, 0.717) is 18.2 Å². The first-order valence-electron chi connectivity index (χ1n) is 6.96. The van der Waals surface area contributed by atoms with Gasteiger partial charge in [-0.1, -0.05) is 26.0 Å². The lowest BCUT2D eigenvalue weighted by Crippen LogP contribution is -2.42. The van der Waals surface area contributed by atoms with E-state index in [4.69, 9.17) is 0 Å². The smallest absolute Gasteiger partial charge is 0.241 e. The zero-order valence-corrected chi connectivity index (χ0v) is 13.0. The van der Waals surface area contributed by atoms with E-state index >= 15 is 0 Å². The summed E-state index contributed by atoms with van der Waals surface area (Å²) in [6.45, 7) is 3.67. The van der Waals surface area contributed by atoms with E-state index in [1.165, 1.54) is 0 Å². The molecule has 0 aliphatic heterocycles. The van der Waals surface area contributed by atoms with Crippen LogP contribution in [0.15, 0.2) is 41.6 Å². The van der Waals surface area contributed by atoms with Gasteiger partial charge in [-0.2, -0.15) is 0 Å². The van der Waals surface area contributed by atoms with Crippen LogP contribution in [-0.2, 0) is 10.0 Å². The molecular weight excluding hydrogens is 288 g/mol. The molecular formula is C15H20N2O3S. The third kappa shape index (κ3) is 3.40. The fraction of sp³-hybridized carbons (Fsp3) is 0.400. The molecule has 2 aromatic rings. The van der Waals surface area contributed by atoms with E-state index in [9.17, 15) is 13.5 Å². The number of sulfonamides is 1. The predicted molar refractivity (Wildman–Crippen MR) is 82.5 cm³/mol. The van der Waals surface area contributed by atoms with Gasteiger partial charge in [-0.15, -0.1) is 0 Å². The van der Waals surface area contributed by atoms with E-state index in [1.54, 1.807) is 30.6 Å². The Balaban J connectivity index is 2.35. The molecule has 1 aromatic heterocycles. The zero-order valence-electron chi connectivity index (χ0n) is 12.2. The first-order valence-corrected chi connectivity index (χ1v) is 8.45. The number of pyridine rings is 1. The number of rotatable bonds is 6. The molecule has 0 aliphatic rings. The molecule has 21 heavy (non-hydrogen) atoms. The maximum Gasteiger partial charge on any atom is 0.241 e. The summed E-state index contributed by atoms with van der Waals surface area (Å²) in [6.07, 6.45) is 4.18. The van der Waals surface area contributed by atoms with Crippen molar-refractivity contribution in [1.82, 2.24) is 9.71 Å².